The number of methoxy groups -OCH3 is 1. The summed E-state index contributed by atoms with van der Waals surface area (Å²) in [7, 11) is 1.61. The highest BCUT2D eigenvalue weighted by atomic mass is 35.5. The summed E-state index contributed by atoms with van der Waals surface area (Å²) in [4.78, 5) is 12.7. The summed E-state index contributed by atoms with van der Waals surface area (Å²) >= 11 is 6.15. The van der Waals surface area contributed by atoms with Crippen LogP contribution in [-0.2, 0) is 11.3 Å². The number of nitrogens with one attached hydrogen (secondary N) is 1. The molecule has 0 saturated carbocycles. The first-order chi connectivity index (χ1) is 14.1. The van der Waals surface area contributed by atoms with Gasteiger partial charge in [-0.25, -0.2) is 0 Å². The molecule has 3 rings (SSSR count). The van der Waals surface area contributed by atoms with Crippen molar-refractivity contribution < 1.29 is 19.4 Å². The molecule has 5 nitrogen and oxygen atoms in total. The van der Waals surface area contributed by atoms with Crippen molar-refractivity contribution in [3.63, 3.8) is 0 Å². The molecule has 0 bridgehead atoms. The van der Waals surface area contributed by atoms with Gasteiger partial charge in [0.1, 0.15) is 18.1 Å². The van der Waals surface area contributed by atoms with E-state index in [2.05, 4.69) is 5.32 Å². The van der Waals surface area contributed by atoms with Crippen LogP contribution in [0.1, 0.15) is 15.9 Å². The summed E-state index contributed by atoms with van der Waals surface area (Å²) in [6, 6.07) is 20.3. The highest BCUT2D eigenvalue weighted by Crippen LogP contribution is 2.33. The fourth-order valence-electron chi connectivity index (χ4n) is 2.84. The first-order valence-corrected chi connectivity index (χ1v) is 9.53. The molecule has 0 radical (unpaired) electrons. The van der Waals surface area contributed by atoms with E-state index in [-0.39, 0.29) is 22.9 Å². The van der Waals surface area contributed by atoms with E-state index in [4.69, 9.17) is 21.1 Å². The van der Waals surface area contributed by atoms with Gasteiger partial charge in [0.15, 0.2) is 0 Å². The van der Waals surface area contributed by atoms with Crippen LogP contribution in [-0.4, -0.2) is 31.3 Å². The van der Waals surface area contributed by atoms with Crippen molar-refractivity contribution in [1.82, 2.24) is 5.32 Å². The second-order valence-electron chi connectivity index (χ2n) is 6.39. The van der Waals surface area contributed by atoms with Gasteiger partial charge >= 0.3 is 0 Å². The number of amides is 1. The van der Waals surface area contributed by atoms with E-state index in [1.807, 2.05) is 54.6 Å². The van der Waals surface area contributed by atoms with Gasteiger partial charge in [0, 0.05) is 13.7 Å². The molecule has 3 aromatic carbocycles. The first-order valence-electron chi connectivity index (χ1n) is 9.15. The maximum absolute atomic E-state index is 12.7. The molecule has 0 atom stereocenters. The third-order valence-corrected chi connectivity index (χ3v) is 4.61. The minimum Gasteiger partial charge on any atom is -0.506 e. The number of aromatic hydroxyl groups is 1. The van der Waals surface area contributed by atoms with E-state index in [1.165, 1.54) is 0 Å². The molecule has 0 unspecified atom stereocenters. The molecule has 0 fully saturated rings. The van der Waals surface area contributed by atoms with Crippen molar-refractivity contribution >= 4 is 17.5 Å². The van der Waals surface area contributed by atoms with Gasteiger partial charge in [-0.3, -0.25) is 4.79 Å². The summed E-state index contributed by atoms with van der Waals surface area (Å²) in [5.74, 6) is 0.0548. The third kappa shape index (κ3) is 5.50. The van der Waals surface area contributed by atoms with E-state index in [0.29, 0.717) is 19.0 Å². The third-order valence-electron chi connectivity index (χ3n) is 4.32. The molecule has 1 amide bonds. The lowest BCUT2D eigenvalue weighted by atomic mass is 10.0. The van der Waals surface area contributed by atoms with Gasteiger partial charge in [0.05, 0.1) is 17.2 Å². The van der Waals surface area contributed by atoms with Gasteiger partial charge in [-0.2, -0.15) is 0 Å². The van der Waals surface area contributed by atoms with Crippen LogP contribution in [0.25, 0.3) is 11.1 Å². The monoisotopic (exact) mass is 411 g/mol. The minimum atomic E-state index is -0.409. The molecule has 150 valence electrons. The number of hydrogen-bond acceptors (Lipinski definition) is 4. The lowest BCUT2D eigenvalue weighted by Gasteiger charge is -2.12. The molecule has 29 heavy (non-hydrogen) atoms. The van der Waals surface area contributed by atoms with Gasteiger partial charge < -0.3 is 19.9 Å². The van der Waals surface area contributed by atoms with Crippen molar-refractivity contribution in [2.75, 3.05) is 20.3 Å². The van der Waals surface area contributed by atoms with E-state index >= 15 is 0 Å². The zero-order valence-corrected chi connectivity index (χ0v) is 16.8. The summed E-state index contributed by atoms with van der Waals surface area (Å²) in [6.45, 7) is 1.23. The number of ether oxygens (including phenoxy) is 2. The summed E-state index contributed by atoms with van der Waals surface area (Å²) in [5.41, 5.74) is 2.67. The molecule has 0 aliphatic carbocycles. The van der Waals surface area contributed by atoms with Crippen molar-refractivity contribution in [1.29, 1.82) is 0 Å². The second kappa shape index (κ2) is 9.96. The fraction of sp³-hybridized carbons (Fsp3) is 0.174. The highest BCUT2D eigenvalue weighted by molar-refractivity contribution is 6.33. The maximum Gasteiger partial charge on any atom is 0.255 e. The van der Waals surface area contributed by atoms with Gasteiger partial charge in [0.2, 0.25) is 0 Å². The molecule has 0 spiro atoms. The molecule has 0 heterocycles. The van der Waals surface area contributed by atoms with Gasteiger partial charge in [-0.1, -0.05) is 54.1 Å². The Morgan fingerprint density at radius 2 is 1.79 bits per heavy atom. The van der Waals surface area contributed by atoms with Crippen LogP contribution in [0.15, 0.2) is 66.7 Å². The lowest BCUT2D eigenvalue weighted by molar-refractivity contribution is 0.0948. The second-order valence-corrected chi connectivity index (χ2v) is 6.80. The standard InChI is InChI=1S/C23H22ClNO4/c1-28-10-11-29-19-9-5-6-16(12-19)15-25-23(27)20-13-18(14-21(24)22(20)26)17-7-3-2-4-8-17/h2-9,12-14,26H,10-11,15H2,1H3,(H,25,27). The fourth-order valence-corrected chi connectivity index (χ4v) is 3.05. The Balaban J connectivity index is 1.73. The van der Waals surface area contributed by atoms with Crippen molar-refractivity contribution in [2.45, 2.75) is 6.54 Å². The van der Waals surface area contributed by atoms with E-state index in [0.717, 1.165) is 16.7 Å². The van der Waals surface area contributed by atoms with E-state index in [1.54, 1.807) is 19.2 Å². The Morgan fingerprint density at radius 3 is 2.55 bits per heavy atom. The SMILES string of the molecule is COCCOc1cccc(CNC(=O)c2cc(-c3ccccc3)cc(Cl)c2O)c1. The van der Waals surface area contributed by atoms with E-state index < -0.39 is 5.91 Å². The number of phenolic OH excluding ortho intramolecular Hbond substituents is 1. The largest absolute Gasteiger partial charge is 0.506 e. The molecular formula is C23H22ClNO4. The molecule has 0 saturated heterocycles. The van der Waals surface area contributed by atoms with Gasteiger partial charge in [0.25, 0.3) is 5.91 Å². The minimum absolute atomic E-state index is 0.129. The molecule has 6 heteroatoms. The number of carbonyl (C=O) groups excluding carboxylic acids is 1. The van der Waals surface area contributed by atoms with Crippen LogP contribution in [0.5, 0.6) is 11.5 Å². The molecule has 0 aliphatic heterocycles. The van der Waals surface area contributed by atoms with Crippen LogP contribution in [0.4, 0.5) is 0 Å². The van der Waals surface area contributed by atoms with Gasteiger partial charge in [-0.05, 0) is 41.0 Å². The predicted octanol–water partition coefficient (Wildman–Crippen LogP) is 4.67. The molecule has 3 aromatic rings. The zero-order valence-electron chi connectivity index (χ0n) is 16.0. The van der Waals surface area contributed by atoms with Crippen LogP contribution in [0.3, 0.4) is 0 Å². The topological polar surface area (TPSA) is 67.8 Å². The van der Waals surface area contributed by atoms with Crippen molar-refractivity contribution in [2.24, 2.45) is 0 Å². The molecule has 2 N–H and O–H groups in total. The number of carbonyl (C=O) groups is 1. The molecule has 0 aromatic heterocycles. The number of benzene rings is 3. The van der Waals surface area contributed by atoms with Crippen LogP contribution < -0.4 is 10.1 Å². The molecule has 0 aliphatic rings. The maximum atomic E-state index is 12.7. The zero-order chi connectivity index (χ0) is 20.6. The average Bonchev–Trinajstić information content (AvgIpc) is 2.75. The Labute approximate surface area is 174 Å². The summed E-state index contributed by atoms with van der Waals surface area (Å²) in [5, 5.41) is 13.2. The average molecular weight is 412 g/mol. The van der Waals surface area contributed by atoms with Crippen LogP contribution in [0.2, 0.25) is 5.02 Å². The lowest BCUT2D eigenvalue weighted by Crippen LogP contribution is -2.23. The first kappa shape index (κ1) is 20.7. The Bertz CT molecular complexity index is 976. The quantitative estimate of drug-likeness (QED) is 0.528. The number of rotatable bonds is 8. The number of hydrogen-bond donors (Lipinski definition) is 2. The Kier molecular flexibility index (Phi) is 7.11. The smallest absolute Gasteiger partial charge is 0.255 e. The normalized spacial score (nSPS) is 10.6. The molecular weight excluding hydrogens is 390 g/mol. The number of phenols is 1. The highest BCUT2D eigenvalue weighted by Gasteiger charge is 2.16. The predicted molar refractivity (Wildman–Crippen MR) is 114 cm³/mol. The Morgan fingerprint density at radius 1 is 1.00 bits per heavy atom. The van der Waals surface area contributed by atoms with E-state index in [9.17, 15) is 9.90 Å². The van der Waals surface area contributed by atoms with Gasteiger partial charge in [-0.15, -0.1) is 0 Å². The summed E-state index contributed by atoms with van der Waals surface area (Å²) in [6.07, 6.45) is 0. The summed E-state index contributed by atoms with van der Waals surface area (Å²) < 4.78 is 10.6. The van der Waals surface area contributed by atoms with Crippen LogP contribution >= 0.6 is 11.6 Å². The van der Waals surface area contributed by atoms with Crippen molar-refractivity contribution in [3.8, 4) is 22.6 Å². The number of halogens is 1. The van der Waals surface area contributed by atoms with Crippen molar-refractivity contribution in [3.05, 3.63) is 82.9 Å². The van der Waals surface area contributed by atoms with Crippen LogP contribution in [0, 0.1) is 0 Å². The Hall–Kier alpha value is -3.02.